The number of sulfonamides is 2. The van der Waals surface area contributed by atoms with Crippen molar-refractivity contribution in [3.8, 4) is 0 Å². The van der Waals surface area contributed by atoms with Gasteiger partial charge in [-0.05, 0) is 56.2 Å². The van der Waals surface area contributed by atoms with E-state index < -0.39 is 20.0 Å². The summed E-state index contributed by atoms with van der Waals surface area (Å²) in [4.78, 5) is 0.912. The SMILES string of the molecule is Cc1ccc(S(=O)(=O)N2c3ccc(S(N)(=O)=O)cc3C[C@@H]2C)s1. The van der Waals surface area contributed by atoms with Gasteiger partial charge in [0.15, 0.2) is 0 Å². The highest BCUT2D eigenvalue weighted by Crippen LogP contribution is 2.39. The number of primary sulfonamides is 1. The summed E-state index contributed by atoms with van der Waals surface area (Å²) in [6.45, 7) is 3.65. The first kappa shape index (κ1) is 16.4. The van der Waals surface area contributed by atoms with E-state index in [0.717, 1.165) is 4.88 Å². The first-order chi connectivity index (χ1) is 10.6. The summed E-state index contributed by atoms with van der Waals surface area (Å²) >= 11 is 1.22. The predicted molar refractivity (Wildman–Crippen MR) is 89.7 cm³/mol. The number of rotatable bonds is 3. The van der Waals surface area contributed by atoms with Crippen LogP contribution in [0.5, 0.6) is 0 Å². The van der Waals surface area contributed by atoms with Gasteiger partial charge in [0.05, 0.1) is 10.6 Å². The van der Waals surface area contributed by atoms with Crippen LogP contribution < -0.4 is 9.44 Å². The lowest BCUT2D eigenvalue weighted by Crippen LogP contribution is -2.35. The van der Waals surface area contributed by atoms with Crippen LogP contribution in [-0.2, 0) is 26.5 Å². The Bertz CT molecular complexity index is 977. The van der Waals surface area contributed by atoms with E-state index in [1.54, 1.807) is 19.1 Å². The molecule has 0 amide bonds. The Morgan fingerprint density at radius 2 is 1.87 bits per heavy atom. The molecule has 2 heterocycles. The fourth-order valence-corrected chi connectivity index (χ4v) is 6.40. The minimum atomic E-state index is -3.81. The van der Waals surface area contributed by atoms with Crippen molar-refractivity contribution in [1.82, 2.24) is 0 Å². The molecule has 2 N–H and O–H groups in total. The van der Waals surface area contributed by atoms with Gasteiger partial charge < -0.3 is 0 Å². The molecule has 0 radical (unpaired) electrons. The Balaban J connectivity index is 2.11. The Labute approximate surface area is 139 Å². The highest BCUT2D eigenvalue weighted by atomic mass is 32.2. The summed E-state index contributed by atoms with van der Waals surface area (Å²) in [5, 5.41) is 5.14. The van der Waals surface area contributed by atoms with E-state index >= 15 is 0 Å². The molecule has 6 nitrogen and oxygen atoms in total. The Morgan fingerprint density at radius 3 is 2.43 bits per heavy atom. The molecule has 0 saturated carbocycles. The minimum Gasteiger partial charge on any atom is -0.262 e. The van der Waals surface area contributed by atoms with Crippen molar-refractivity contribution in [3.63, 3.8) is 0 Å². The van der Waals surface area contributed by atoms with Crippen molar-refractivity contribution < 1.29 is 16.8 Å². The van der Waals surface area contributed by atoms with E-state index in [-0.39, 0.29) is 15.1 Å². The average molecular weight is 372 g/mol. The van der Waals surface area contributed by atoms with Crippen LogP contribution in [0.25, 0.3) is 0 Å². The van der Waals surface area contributed by atoms with Crippen LogP contribution in [0.2, 0.25) is 0 Å². The van der Waals surface area contributed by atoms with Crippen molar-refractivity contribution in [3.05, 3.63) is 40.8 Å². The molecule has 1 aliphatic rings. The van der Waals surface area contributed by atoms with Crippen LogP contribution in [0.15, 0.2) is 39.4 Å². The second-order valence-corrected chi connectivity index (χ2v) is 10.4. The molecule has 1 aromatic carbocycles. The molecule has 1 aromatic heterocycles. The van der Waals surface area contributed by atoms with Crippen LogP contribution >= 0.6 is 11.3 Å². The lowest BCUT2D eigenvalue weighted by atomic mass is 10.1. The Morgan fingerprint density at radius 1 is 1.17 bits per heavy atom. The molecular weight excluding hydrogens is 356 g/mol. The number of aryl methyl sites for hydroxylation is 1. The molecule has 0 aliphatic carbocycles. The zero-order valence-electron chi connectivity index (χ0n) is 12.6. The van der Waals surface area contributed by atoms with Gasteiger partial charge in [0.2, 0.25) is 10.0 Å². The maximum Gasteiger partial charge on any atom is 0.274 e. The number of nitrogens with two attached hydrogens (primary N) is 1. The zero-order chi connectivity index (χ0) is 17.0. The summed E-state index contributed by atoms with van der Waals surface area (Å²) < 4.78 is 50.4. The molecule has 1 aliphatic heterocycles. The fraction of sp³-hybridized carbons (Fsp3) is 0.286. The van der Waals surface area contributed by atoms with Crippen LogP contribution in [0, 0.1) is 6.92 Å². The summed E-state index contributed by atoms with van der Waals surface area (Å²) in [6, 6.07) is 7.39. The molecule has 124 valence electrons. The molecular formula is C14H16N2O4S3. The number of anilines is 1. The van der Waals surface area contributed by atoms with E-state index in [2.05, 4.69) is 0 Å². The molecule has 0 fully saturated rings. The normalized spacial score (nSPS) is 18.2. The van der Waals surface area contributed by atoms with E-state index in [9.17, 15) is 16.8 Å². The minimum absolute atomic E-state index is 0.00494. The molecule has 0 saturated heterocycles. The topological polar surface area (TPSA) is 97.5 Å². The van der Waals surface area contributed by atoms with Gasteiger partial charge in [-0.15, -0.1) is 11.3 Å². The van der Waals surface area contributed by atoms with Crippen molar-refractivity contribution in [2.45, 2.75) is 35.4 Å². The van der Waals surface area contributed by atoms with E-state index in [1.165, 1.54) is 33.8 Å². The first-order valence-corrected chi connectivity index (χ1v) is 10.7. The molecule has 2 aromatic rings. The van der Waals surface area contributed by atoms with Gasteiger partial charge in [-0.1, -0.05) is 0 Å². The van der Waals surface area contributed by atoms with Crippen molar-refractivity contribution in [1.29, 1.82) is 0 Å². The van der Waals surface area contributed by atoms with Crippen molar-refractivity contribution in [2.75, 3.05) is 4.31 Å². The smallest absolute Gasteiger partial charge is 0.262 e. The first-order valence-electron chi connectivity index (χ1n) is 6.87. The number of hydrogen-bond donors (Lipinski definition) is 1. The zero-order valence-corrected chi connectivity index (χ0v) is 15.0. The lowest BCUT2D eigenvalue weighted by molar-refractivity contribution is 0.586. The largest absolute Gasteiger partial charge is 0.274 e. The maximum atomic E-state index is 12.9. The third-order valence-electron chi connectivity index (χ3n) is 3.76. The van der Waals surface area contributed by atoms with E-state index in [1.807, 2.05) is 6.92 Å². The van der Waals surface area contributed by atoms with E-state index in [0.29, 0.717) is 17.7 Å². The van der Waals surface area contributed by atoms with Gasteiger partial charge in [-0.2, -0.15) is 0 Å². The summed E-state index contributed by atoms with van der Waals surface area (Å²) in [5.74, 6) is 0. The summed E-state index contributed by atoms with van der Waals surface area (Å²) in [5.41, 5.74) is 1.18. The fourth-order valence-electron chi connectivity index (χ4n) is 2.77. The summed E-state index contributed by atoms with van der Waals surface area (Å²) in [6.07, 6.45) is 0.447. The van der Waals surface area contributed by atoms with Crippen LogP contribution in [0.3, 0.4) is 0 Å². The second kappa shape index (κ2) is 5.30. The Hall–Kier alpha value is -1.42. The quantitative estimate of drug-likeness (QED) is 0.889. The molecule has 3 rings (SSSR count). The van der Waals surface area contributed by atoms with Crippen LogP contribution in [0.4, 0.5) is 5.69 Å². The second-order valence-electron chi connectivity index (χ2n) is 5.55. The number of fused-ring (bicyclic) bond motifs is 1. The van der Waals surface area contributed by atoms with E-state index in [4.69, 9.17) is 5.14 Å². The van der Waals surface area contributed by atoms with Crippen LogP contribution in [-0.4, -0.2) is 22.9 Å². The number of hydrogen-bond acceptors (Lipinski definition) is 5. The molecule has 0 bridgehead atoms. The average Bonchev–Trinajstić information content (AvgIpc) is 2.99. The number of benzene rings is 1. The molecule has 0 spiro atoms. The standard InChI is InChI=1S/C14H16N2O4S3/c1-9-7-11-8-12(22(15,17)18)4-5-13(11)16(9)23(19,20)14-6-3-10(2)21-14/h3-6,8-9H,7H2,1-2H3,(H2,15,17,18)/t9-/m0/s1. The maximum absolute atomic E-state index is 12.9. The molecule has 9 heteroatoms. The highest BCUT2D eigenvalue weighted by molar-refractivity contribution is 7.94. The van der Waals surface area contributed by atoms with Crippen molar-refractivity contribution in [2.24, 2.45) is 5.14 Å². The molecule has 23 heavy (non-hydrogen) atoms. The summed E-state index contributed by atoms with van der Waals surface area (Å²) in [7, 11) is -7.47. The van der Waals surface area contributed by atoms with Gasteiger partial charge in [0.25, 0.3) is 10.0 Å². The Kier molecular flexibility index (Phi) is 3.79. The monoisotopic (exact) mass is 372 g/mol. The predicted octanol–water partition coefficient (Wildman–Crippen LogP) is 1.84. The third-order valence-corrected chi connectivity index (χ3v) is 8.07. The number of thiophene rings is 1. The van der Waals surface area contributed by atoms with Crippen molar-refractivity contribution >= 4 is 37.1 Å². The lowest BCUT2D eigenvalue weighted by Gasteiger charge is -2.23. The van der Waals surface area contributed by atoms with Gasteiger partial charge in [-0.3, -0.25) is 4.31 Å². The number of nitrogens with zero attached hydrogens (tertiary/aromatic N) is 1. The van der Waals surface area contributed by atoms with Gasteiger partial charge in [-0.25, -0.2) is 22.0 Å². The van der Waals surface area contributed by atoms with Crippen LogP contribution in [0.1, 0.15) is 17.4 Å². The van der Waals surface area contributed by atoms with Gasteiger partial charge in [0.1, 0.15) is 4.21 Å². The van der Waals surface area contributed by atoms with Gasteiger partial charge >= 0.3 is 0 Å². The molecule has 1 atom stereocenters. The van der Waals surface area contributed by atoms with Gasteiger partial charge in [0, 0.05) is 10.9 Å². The molecule has 0 unspecified atom stereocenters. The highest BCUT2D eigenvalue weighted by Gasteiger charge is 2.37. The third kappa shape index (κ3) is 2.78.